The molecule has 3 nitrogen and oxygen atoms in total. The maximum absolute atomic E-state index is 11.4. The van der Waals surface area contributed by atoms with Crippen molar-refractivity contribution in [3.63, 3.8) is 0 Å². The minimum absolute atomic E-state index is 0.00575. The first kappa shape index (κ1) is 14.0. The molecule has 0 saturated carbocycles. The standard InChI is InChI=1S/C11H22ClNO2Si/c1-7(8-9(12)13-10(8)14)15-16(5,6)11(2,3)4/h7-9H,1-6H3,(H,13,14). The van der Waals surface area contributed by atoms with Gasteiger partial charge in [0.05, 0.1) is 12.0 Å². The average molecular weight is 264 g/mol. The van der Waals surface area contributed by atoms with E-state index in [1.165, 1.54) is 0 Å². The van der Waals surface area contributed by atoms with E-state index >= 15 is 0 Å². The van der Waals surface area contributed by atoms with E-state index in [9.17, 15) is 4.79 Å². The quantitative estimate of drug-likeness (QED) is 0.368. The molecule has 1 aliphatic heterocycles. The summed E-state index contributed by atoms with van der Waals surface area (Å²) in [6.45, 7) is 12.9. The highest BCUT2D eigenvalue weighted by Gasteiger charge is 2.46. The van der Waals surface area contributed by atoms with Crippen molar-refractivity contribution >= 4 is 25.8 Å². The van der Waals surface area contributed by atoms with Gasteiger partial charge in [-0.1, -0.05) is 32.4 Å². The summed E-state index contributed by atoms with van der Waals surface area (Å²) in [5, 5.41) is 2.78. The summed E-state index contributed by atoms with van der Waals surface area (Å²) in [6, 6.07) is 0. The average Bonchev–Trinajstić information content (AvgIpc) is 1.99. The van der Waals surface area contributed by atoms with Crippen LogP contribution in [0.25, 0.3) is 0 Å². The molecule has 5 heteroatoms. The Balaban J connectivity index is 2.64. The number of alkyl halides is 1. The van der Waals surface area contributed by atoms with Crippen LogP contribution in [-0.4, -0.2) is 25.8 Å². The van der Waals surface area contributed by atoms with E-state index in [4.69, 9.17) is 16.0 Å². The Kier molecular flexibility index (Phi) is 3.77. The lowest BCUT2D eigenvalue weighted by Crippen LogP contribution is -2.61. The number of hydrogen-bond acceptors (Lipinski definition) is 2. The molecule has 94 valence electrons. The van der Waals surface area contributed by atoms with E-state index in [1.54, 1.807) is 0 Å². The van der Waals surface area contributed by atoms with Gasteiger partial charge in [-0.15, -0.1) is 0 Å². The summed E-state index contributed by atoms with van der Waals surface area (Å²) in [5.74, 6) is -0.193. The number of carbonyl (C=O) groups is 1. The maximum Gasteiger partial charge on any atom is 0.230 e. The van der Waals surface area contributed by atoms with E-state index in [0.29, 0.717) is 0 Å². The fraction of sp³-hybridized carbons (Fsp3) is 0.909. The van der Waals surface area contributed by atoms with Gasteiger partial charge >= 0.3 is 0 Å². The zero-order valence-electron chi connectivity index (χ0n) is 10.9. The molecule has 0 aromatic rings. The molecule has 16 heavy (non-hydrogen) atoms. The van der Waals surface area contributed by atoms with Gasteiger partial charge in [0.15, 0.2) is 8.32 Å². The summed E-state index contributed by atoms with van der Waals surface area (Å²) in [4.78, 5) is 11.4. The highest BCUT2D eigenvalue weighted by molar-refractivity contribution is 6.74. The predicted octanol–water partition coefficient (Wildman–Crippen LogP) is 2.71. The number of rotatable bonds is 3. The van der Waals surface area contributed by atoms with Crippen LogP contribution in [0.3, 0.4) is 0 Å². The summed E-state index contributed by atoms with van der Waals surface area (Å²) < 4.78 is 6.14. The molecule has 0 aromatic carbocycles. The first-order valence-electron chi connectivity index (χ1n) is 5.68. The van der Waals surface area contributed by atoms with Crippen molar-refractivity contribution in [3.8, 4) is 0 Å². The number of β-lactam (4-membered cyclic amide) rings is 1. The molecule has 1 rings (SSSR count). The van der Waals surface area contributed by atoms with Crippen molar-refractivity contribution in [1.29, 1.82) is 0 Å². The lowest BCUT2D eigenvalue weighted by molar-refractivity contribution is -0.136. The third-order valence-corrected chi connectivity index (χ3v) is 8.64. The van der Waals surface area contributed by atoms with Crippen LogP contribution in [0.15, 0.2) is 0 Å². The molecular weight excluding hydrogens is 242 g/mol. The molecule has 0 radical (unpaired) electrons. The van der Waals surface area contributed by atoms with Crippen LogP contribution in [0.4, 0.5) is 0 Å². The number of halogens is 1. The number of carbonyl (C=O) groups excluding carboxylic acids is 1. The molecule has 0 aromatic heterocycles. The Bertz CT molecular complexity index is 288. The number of amides is 1. The van der Waals surface area contributed by atoms with Crippen molar-refractivity contribution in [3.05, 3.63) is 0 Å². The monoisotopic (exact) mass is 263 g/mol. The Morgan fingerprint density at radius 1 is 1.44 bits per heavy atom. The van der Waals surface area contributed by atoms with Crippen molar-refractivity contribution in [2.45, 2.75) is 57.4 Å². The predicted molar refractivity (Wildman–Crippen MR) is 69.0 cm³/mol. The molecule has 1 saturated heterocycles. The van der Waals surface area contributed by atoms with Gasteiger partial charge in [0.1, 0.15) is 5.50 Å². The van der Waals surface area contributed by atoms with Gasteiger partial charge < -0.3 is 9.74 Å². The minimum atomic E-state index is -1.81. The highest BCUT2D eigenvalue weighted by Crippen LogP contribution is 2.39. The Labute approximate surface area is 104 Å². The van der Waals surface area contributed by atoms with Crippen molar-refractivity contribution in [2.24, 2.45) is 5.92 Å². The third-order valence-electron chi connectivity index (χ3n) is 3.69. The second-order valence-electron chi connectivity index (χ2n) is 6.02. The van der Waals surface area contributed by atoms with Gasteiger partial charge in [-0.05, 0) is 25.1 Å². The summed E-state index contributed by atoms with van der Waals surface area (Å²) in [6.07, 6.45) is -0.0999. The van der Waals surface area contributed by atoms with Gasteiger partial charge in [0, 0.05) is 0 Å². The summed E-state index contributed by atoms with van der Waals surface area (Å²) >= 11 is 5.95. The van der Waals surface area contributed by atoms with Gasteiger partial charge in [0.25, 0.3) is 0 Å². The highest BCUT2D eigenvalue weighted by atomic mass is 35.5. The fourth-order valence-electron chi connectivity index (χ4n) is 1.52. The zero-order valence-corrected chi connectivity index (χ0v) is 12.7. The van der Waals surface area contributed by atoms with E-state index in [2.05, 4.69) is 39.2 Å². The first-order valence-corrected chi connectivity index (χ1v) is 9.03. The van der Waals surface area contributed by atoms with E-state index in [0.717, 1.165) is 0 Å². The lowest BCUT2D eigenvalue weighted by atomic mass is 9.96. The molecule has 3 atom stereocenters. The Morgan fingerprint density at radius 3 is 2.25 bits per heavy atom. The van der Waals surface area contributed by atoms with E-state index in [1.807, 2.05) is 6.92 Å². The van der Waals surface area contributed by atoms with Crippen LogP contribution in [-0.2, 0) is 9.22 Å². The fourth-order valence-corrected chi connectivity index (χ4v) is 3.38. The molecular formula is C11H22ClNO2Si. The second-order valence-corrected chi connectivity index (χ2v) is 11.2. The largest absolute Gasteiger partial charge is 0.413 e. The SMILES string of the molecule is CC(O[Si](C)(C)C(C)(C)C)C1C(=O)NC1Cl. The van der Waals surface area contributed by atoms with Gasteiger partial charge in [-0.3, -0.25) is 4.79 Å². The van der Waals surface area contributed by atoms with Crippen molar-refractivity contribution < 1.29 is 9.22 Å². The van der Waals surface area contributed by atoms with Crippen LogP contribution < -0.4 is 5.32 Å². The zero-order chi connectivity index (χ0) is 12.7. The topological polar surface area (TPSA) is 38.3 Å². The van der Waals surface area contributed by atoms with Crippen LogP contribution in [0.2, 0.25) is 18.1 Å². The number of nitrogens with one attached hydrogen (secondary N) is 1. The molecule has 1 N–H and O–H groups in total. The van der Waals surface area contributed by atoms with E-state index < -0.39 is 8.32 Å². The maximum atomic E-state index is 11.4. The van der Waals surface area contributed by atoms with Gasteiger partial charge in [0.2, 0.25) is 5.91 Å². The van der Waals surface area contributed by atoms with Crippen LogP contribution in [0.5, 0.6) is 0 Å². The van der Waals surface area contributed by atoms with E-state index in [-0.39, 0.29) is 28.5 Å². The third kappa shape index (κ3) is 2.60. The summed E-state index contributed by atoms with van der Waals surface area (Å²) in [7, 11) is -1.81. The van der Waals surface area contributed by atoms with Crippen LogP contribution in [0, 0.1) is 5.92 Å². The molecule has 1 fully saturated rings. The Hall–Kier alpha value is -0.0631. The van der Waals surface area contributed by atoms with Crippen LogP contribution in [0.1, 0.15) is 27.7 Å². The molecule has 0 aliphatic carbocycles. The molecule has 1 aliphatic rings. The van der Waals surface area contributed by atoms with Crippen molar-refractivity contribution in [2.75, 3.05) is 0 Å². The molecule has 0 bridgehead atoms. The second kappa shape index (κ2) is 4.31. The molecule has 0 spiro atoms. The Morgan fingerprint density at radius 2 is 1.94 bits per heavy atom. The van der Waals surface area contributed by atoms with Crippen molar-refractivity contribution in [1.82, 2.24) is 5.32 Å². The molecule has 1 amide bonds. The number of hydrogen-bond donors (Lipinski definition) is 1. The molecule has 1 heterocycles. The van der Waals surface area contributed by atoms with Crippen LogP contribution >= 0.6 is 11.6 Å². The van der Waals surface area contributed by atoms with Gasteiger partial charge in [-0.2, -0.15) is 0 Å². The minimum Gasteiger partial charge on any atom is -0.413 e. The smallest absolute Gasteiger partial charge is 0.230 e. The first-order chi connectivity index (χ1) is 7.06. The summed E-state index contributed by atoms with van der Waals surface area (Å²) in [5.41, 5.74) is -0.271. The molecule has 3 unspecified atom stereocenters. The lowest BCUT2D eigenvalue weighted by Gasteiger charge is -2.43. The normalized spacial score (nSPS) is 28.3. The van der Waals surface area contributed by atoms with Gasteiger partial charge in [-0.25, -0.2) is 0 Å².